The van der Waals surface area contributed by atoms with Gasteiger partial charge in [0.05, 0.1) is 12.7 Å². The Balaban J connectivity index is 1.60. The first kappa shape index (κ1) is 32.0. The summed E-state index contributed by atoms with van der Waals surface area (Å²) in [5.74, 6) is 0. The van der Waals surface area contributed by atoms with Crippen LogP contribution in [0.1, 0.15) is 53.3 Å². The molecule has 0 spiro atoms. The second-order valence-corrected chi connectivity index (χ2v) is 10.9. The number of amides is 2. The van der Waals surface area contributed by atoms with Gasteiger partial charge in [-0.05, 0) is 56.0 Å². The van der Waals surface area contributed by atoms with Crippen LogP contribution in [0.3, 0.4) is 0 Å². The molecule has 228 valence electrons. The summed E-state index contributed by atoms with van der Waals surface area (Å²) in [7, 11) is 0. The second kappa shape index (κ2) is 15.5. The molecule has 2 atom stereocenters. The van der Waals surface area contributed by atoms with Crippen LogP contribution in [-0.4, -0.2) is 18.8 Å². The number of carbonyl (C=O) groups excluding carboxylic acids is 2. The van der Waals surface area contributed by atoms with Gasteiger partial charge in [-0.25, -0.2) is 9.59 Å². The van der Waals surface area contributed by atoms with Crippen LogP contribution in [0.4, 0.5) is 9.59 Å². The van der Waals surface area contributed by atoms with E-state index in [1.807, 2.05) is 97.9 Å². The number of hydrogen-bond acceptors (Lipinski definition) is 5. The minimum absolute atomic E-state index is 0.0592. The average molecular weight is 593 g/mol. The molecule has 2 N–H and O–H groups in total. The largest absolute Gasteiger partial charge is 0.445 e. The fraction of sp³-hybridized carbons (Fsp3) is 0.243. The van der Waals surface area contributed by atoms with Gasteiger partial charge in [-0.3, -0.25) is 5.32 Å². The molecular formula is C37H40N2O5. The maximum absolute atomic E-state index is 13.3. The lowest BCUT2D eigenvalue weighted by Gasteiger charge is -2.34. The molecule has 4 aromatic rings. The molecule has 0 aliphatic heterocycles. The minimum atomic E-state index is -1.20. The molecule has 0 aromatic heterocycles. The van der Waals surface area contributed by atoms with Crippen molar-refractivity contribution in [1.82, 2.24) is 10.6 Å². The lowest BCUT2D eigenvalue weighted by atomic mass is 9.89. The van der Waals surface area contributed by atoms with E-state index in [0.29, 0.717) is 5.70 Å². The number of hydrogen-bond donors (Lipinski definition) is 2. The molecule has 0 heterocycles. The normalized spacial score (nSPS) is 13.3. The molecule has 44 heavy (non-hydrogen) atoms. The quantitative estimate of drug-likeness (QED) is 0.174. The fourth-order valence-corrected chi connectivity index (χ4v) is 4.95. The monoisotopic (exact) mass is 592 g/mol. The number of rotatable bonds is 12. The van der Waals surface area contributed by atoms with Crippen LogP contribution in [0, 0.1) is 13.8 Å². The third-order valence-electron chi connectivity index (χ3n) is 7.08. The molecule has 0 bridgehead atoms. The van der Waals surface area contributed by atoms with Gasteiger partial charge < -0.3 is 19.5 Å². The van der Waals surface area contributed by atoms with Gasteiger partial charge in [-0.15, -0.1) is 0 Å². The summed E-state index contributed by atoms with van der Waals surface area (Å²) in [6.07, 6.45) is 0.248. The van der Waals surface area contributed by atoms with Crippen molar-refractivity contribution in [2.24, 2.45) is 0 Å². The van der Waals surface area contributed by atoms with E-state index in [9.17, 15) is 9.59 Å². The summed E-state index contributed by atoms with van der Waals surface area (Å²) < 4.78 is 17.5. The predicted octanol–water partition coefficient (Wildman–Crippen LogP) is 8.03. The molecule has 0 radical (unpaired) electrons. The highest BCUT2D eigenvalue weighted by Gasteiger charge is 2.34. The topological polar surface area (TPSA) is 85.9 Å². The summed E-state index contributed by atoms with van der Waals surface area (Å²) >= 11 is 0. The smallest absolute Gasteiger partial charge is 0.411 e. The number of carbonyl (C=O) groups is 2. The van der Waals surface area contributed by atoms with Crippen LogP contribution in [0.15, 0.2) is 121 Å². The molecule has 4 rings (SSSR count). The number of benzene rings is 4. The van der Waals surface area contributed by atoms with E-state index in [2.05, 4.69) is 42.7 Å². The number of ether oxygens (including phenoxy) is 3. The molecule has 4 aromatic carbocycles. The van der Waals surface area contributed by atoms with E-state index in [1.165, 1.54) is 0 Å². The predicted molar refractivity (Wildman–Crippen MR) is 172 cm³/mol. The Morgan fingerprint density at radius 3 is 1.80 bits per heavy atom. The van der Waals surface area contributed by atoms with Crippen molar-refractivity contribution in [2.45, 2.75) is 52.6 Å². The highest BCUT2D eigenvalue weighted by molar-refractivity contribution is 5.71. The first-order valence-corrected chi connectivity index (χ1v) is 14.6. The summed E-state index contributed by atoms with van der Waals surface area (Å²) in [5, 5.41) is 5.85. The number of aryl methyl sites for hydroxylation is 2. The molecular weight excluding hydrogens is 552 g/mol. The van der Waals surface area contributed by atoms with Crippen LogP contribution >= 0.6 is 0 Å². The first-order valence-electron chi connectivity index (χ1n) is 14.6. The van der Waals surface area contributed by atoms with Crippen molar-refractivity contribution < 1.29 is 23.8 Å². The highest BCUT2D eigenvalue weighted by Crippen LogP contribution is 2.29. The van der Waals surface area contributed by atoms with Crippen molar-refractivity contribution in [1.29, 1.82) is 0 Å². The summed E-state index contributed by atoms with van der Waals surface area (Å²) in [6, 6.07) is 34.7. The molecule has 7 nitrogen and oxygen atoms in total. The van der Waals surface area contributed by atoms with Gasteiger partial charge in [0.25, 0.3) is 0 Å². The second-order valence-electron chi connectivity index (χ2n) is 10.9. The van der Waals surface area contributed by atoms with E-state index in [4.69, 9.17) is 14.2 Å². The lowest BCUT2D eigenvalue weighted by molar-refractivity contribution is 0.0270. The Bertz CT molecular complexity index is 1520. The maximum Gasteiger partial charge on any atom is 0.411 e. The van der Waals surface area contributed by atoms with Gasteiger partial charge in [0.15, 0.2) is 0 Å². The first-order chi connectivity index (χ1) is 21.2. The lowest BCUT2D eigenvalue weighted by Crippen LogP contribution is -2.49. The molecule has 0 unspecified atom stereocenters. The van der Waals surface area contributed by atoms with Crippen LogP contribution in [0.2, 0.25) is 0 Å². The van der Waals surface area contributed by atoms with E-state index in [-0.39, 0.29) is 25.9 Å². The Morgan fingerprint density at radius 1 is 0.750 bits per heavy atom. The van der Waals surface area contributed by atoms with Gasteiger partial charge in [-0.1, -0.05) is 120 Å². The summed E-state index contributed by atoms with van der Waals surface area (Å²) in [5.41, 5.74) is 5.07. The standard InChI is InChI=1S/C37H40N2O5/c1-27-20-28(2)22-33(21-27)30(4)44-26-37(34-18-12-7-13-19-34,39-36(41)43-25-32-16-10-6-11-17-32)23-29(3)38-35(40)42-24-31-14-8-5-9-15-31/h5-23,30H,24-26H2,1-4H3,(H,38,40)(H,39,41)/b29-23-/t30-,37-/m1/s1. The highest BCUT2D eigenvalue weighted by atomic mass is 16.6. The third kappa shape index (κ3) is 9.57. The van der Waals surface area contributed by atoms with Crippen LogP contribution in [0.25, 0.3) is 0 Å². The molecule has 0 saturated heterocycles. The van der Waals surface area contributed by atoms with E-state index in [1.54, 1.807) is 13.0 Å². The zero-order chi connectivity index (χ0) is 31.4. The van der Waals surface area contributed by atoms with Crippen molar-refractivity contribution in [3.05, 3.63) is 154 Å². The van der Waals surface area contributed by atoms with Crippen molar-refractivity contribution >= 4 is 12.2 Å². The molecule has 7 heteroatoms. The Morgan fingerprint density at radius 2 is 1.25 bits per heavy atom. The zero-order valence-corrected chi connectivity index (χ0v) is 25.7. The van der Waals surface area contributed by atoms with Gasteiger partial charge in [0.2, 0.25) is 0 Å². The summed E-state index contributed by atoms with van der Waals surface area (Å²) in [4.78, 5) is 26.1. The minimum Gasteiger partial charge on any atom is -0.445 e. The average Bonchev–Trinajstić information content (AvgIpc) is 3.02. The van der Waals surface area contributed by atoms with Crippen molar-refractivity contribution in [3.8, 4) is 0 Å². The summed E-state index contributed by atoms with van der Waals surface area (Å²) in [6.45, 7) is 8.12. The zero-order valence-electron chi connectivity index (χ0n) is 25.7. The molecule has 0 aliphatic rings. The van der Waals surface area contributed by atoms with E-state index in [0.717, 1.165) is 33.4 Å². The molecule has 0 fully saturated rings. The SMILES string of the molecule is C/C(=C/[C@](CO[C@H](C)c1cc(C)cc(C)c1)(NC(=O)OCc1ccccc1)c1ccccc1)NC(=O)OCc1ccccc1. The molecule has 2 amide bonds. The number of nitrogens with one attached hydrogen (secondary N) is 2. The fourth-order valence-electron chi connectivity index (χ4n) is 4.95. The number of alkyl carbamates (subject to hydrolysis) is 2. The van der Waals surface area contributed by atoms with E-state index >= 15 is 0 Å². The molecule has 0 saturated carbocycles. The van der Waals surface area contributed by atoms with Crippen LogP contribution in [0.5, 0.6) is 0 Å². The van der Waals surface area contributed by atoms with Crippen LogP contribution in [-0.2, 0) is 33.0 Å². The van der Waals surface area contributed by atoms with Crippen LogP contribution < -0.4 is 10.6 Å². The van der Waals surface area contributed by atoms with Gasteiger partial charge in [-0.2, -0.15) is 0 Å². The third-order valence-corrected chi connectivity index (χ3v) is 7.08. The Kier molecular flexibility index (Phi) is 11.3. The Labute approximate surface area is 259 Å². The Hall–Kier alpha value is -4.88. The van der Waals surface area contributed by atoms with E-state index < -0.39 is 17.7 Å². The van der Waals surface area contributed by atoms with Crippen molar-refractivity contribution in [3.63, 3.8) is 0 Å². The van der Waals surface area contributed by atoms with Gasteiger partial charge in [0.1, 0.15) is 18.8 Å². The van der Waals surface area contributed by atoms with Gasteiger partial charge >= 0.3 is 12.2 Å². The van der Waals surface area contributed by atoms with Gasteiger partial charge in [0, 0.05) is 5.70 Å². The number of allylic oxidation sites excluding steroid dienone is 1. The van der Waals surface area contributed by atoms with Crippen molar-refractivity contribution in [2.75, 3.05) is 6.61 Å². The maximum atomic E-state index is 13.3. The molecule has 0 aliphatic carbocycles.